The molecule has 86 valence electrons. The fraction of sp³-hybridized carbons (Fsp3) is 0.200. The van der Waals surface area contributed by atoms with Crippen LogP contribution in [0.1, 0.15) is 0 Å². The van der Waals surface area contributed by atoms with Gasteiger partial charge in [0.05, 0.1) is 11.9 Å². The van der Waals surface area contributed by atoms with Crippen molar-refractivity contribution in [2.24, 2.45) is 0 Å². The fourth-order valence-electron chi connectivity index (χ4n) is 0.938. The van der Waals surface area contributed by atoms with Crippen LogP contribution in [-0.4, -0.2) is 25.2 Å². The molecular formula is C10H8O6-2. The maximum atomic E-state index is 10.1. The number of hydrogen-bond donors (Lipinski definition) is 0. The van der Waals surface area contributed by atoms with Crippen LogP contribution in [0.3, 0.4) is 0 Å². The zero-order chi connectivity index (χ0) is 12.0. The van der Waals surface area contributed by atoms with Crippen molar-refractivity contribution in [3.05, 3.63) is 24.3 Å². The van der Waals surface area contributed by atoms with Gasteiger partial charge >= 0.3 is 0 Å². The van der Waals surface area contributed by atoms with Crippen molar-refractivity contribution >= 4 is 11.9 Å². The Kier molecular flexibility index (Phi) is 4.14. The SMILES string of the molecule is O=C([O-])COc1cccc(OCC(=O)[O-])c1. The Balaban J connectivity index is 2.56. The van der Waals surface area contributed by atoms with Crippen LogP contribution in [0.5, 0.6) is 11.5 Å². The van der Waals surface area contributed by atoms with Gasteiger partial charge in [-0.05, 0) is 12.1 Å². The van der Waals surface area contributed by atoms with Gasteiger partial charge in [-0.1, -0.05) is 6.07 Å². The van der Waals surface area contributed by atoms with Crippen molar-refractivity contribution in [3.63, 3.8) is 0 Å². The number of rotatable bonds is 6. The summed E-state index contributed by atoms with van der Waals surface area (Å²) in [5, 5.41) is 20.2. The van der Waals surface area contributed by atoms with Crippen LogP contribution < -0.4 is 19.7 Å². The predicted molar refractivity (Wildman–Crippen MR) is 47.4 cm³/mol. The minimum Gasteiger partial charge on any atom is -0.546 e. The second kappa shape index (κ2) is 5.59. The standard InChI is InChI=1S/C10H10O6/c11-9(12)5-15-7-2-1-3-8(4-7)16-6-10(13)14/h1-4H,5-6H2,(H,11,12)(H,13,14)/p-2. The quantitative estimate of drug-likeness (QED) is 0.551. The van der Waals surface area contributed by atoms with Crippen LogP contribution in [0.4, 0.5) is 0 Å². The normalized spacial score (nSPS) is 9.50. The van der Waals surface area contributed by atoms with Gasteiger partial charge in [-0.15, -0.1) is 0 Å². The summed E-state index contributed by atoms with van der Waals surface area (Å²) < 4.78 is 9.62. The third-order valence-electron chi connectivity index (χ3n) is 1.52. The minimum absolute atomic E-state index is 0.250. The summed E-state index contributed by atoms with van der Waals surface area (Å²) in [5.41, 5.74) is 0. The zero-order valence-electron chi connectivity index (χ0n) is 8.17. The number of benzene rings is 1. The van der Waals surface area contributed by atoms with E-state index in [-0.39, 0.29) is 11.5 Å². The molecule has 1 aromatic rings. The van der Waals surface area contributed by atoms with E-state index in [1.54, 1.807) is 0 Å². The van der Waals surface area contributed by atoms with Crippen molar-refractivity contribution in [1.82, 2.24) is 0 Å². The predicted octanol–water partition coefficient (Wildman–Crippen LogP) is -2.06. The first-order valence-corrected chi connectivity index (χ1v) is 4.33. The summed E-state index contributed by atoms with van der Waals surface area (Å²) in [6, 6.07) is 5.92. The fourth-order valence-corrected chi connectivity index (χ4v) is 0.938. The first-order valence-electron chi connectivity index (χ1n) is 4.33. The molecule has 0 saturated carbocycles. The first-order chi connectivity index (χ1) is 7.58. The van der Waals surface area contributed by atoms with Crippen LogP contribution in [0.25, 0.3) is 0 Å². The van der Waals surface area contributed by atoms with E-state index in [2.05, 4.69) is 0 Å². The van der Waals surface area contributed by atoms with Crippen LogP contribution in [-0.2, 0) is 9.59 Å². The second-order valence-corrected chi connectivity index (χ2v) is 2.80. The van der Waals surface area contributed by atoms with Crippen molar-refractivity contribution in [3.8, 4) is 11.5 Å². The minimum atomic E-state index is -1.35. The van der Waals surface area contributed by atoms with E-state index in [0.717, 1.165) is 0 Å². The summed E-state index contributed by atoms with van der Waals surface area (Å²) in [7, 11) is 0. The Labute approximate surface area is 91.0 Å². The smallest absolute Gasteiger partial charge is 0.128 e. The number of carboxylic acids is 2. The van der Waals surface area contributed by atoms with E-state index in [1.807, 2.05) is 0 Å². The number of aliphatic carboxylic acids is 2. The van der Waals surface area contributed by atoms with E-state index >= 15 is 0 Å². The molecule has 0 aliphatic rings. The summed E-state index contributed by atoms with van der Waals surface area (Å²) in [6.07, 6.45) is 0. The van der Waals surface area contributed by atoms with Gasteiger partial charge in [0, 0.05) is 6.07 Å². The maximum absolute atomic E-state index is 10.1. The molecule has 16 heavy (non-hydrogen) atoms. The van der Waals surface area contributed by atoms with Crippen molar-refractivity contribution < 1.29 is 29.3 Å². The number of carbonyl (C=O) groups excluding carboxylic acids is 2. The molecule has 1 aromatic carbocycles. The van der Waals surface area contributed by atoms with E-state index in [1.165, 1.54) is 24.3 Å². The van der Waals surface area contributed by atoms with Crippen molar-refractivity contribution in [2.45, 2.75) is 0 Å². The number of hydrogen-bond acceptors (Lipinski definition) is 6. The lowest BCUT2D eigenvalue weighted by atomic mass is 10.3. The number of carboxylic acid groups (broad SMARTS) is 2. The molecule has 0 atom stereocenters. The Morgan fingerprint density at radius 2 is 1.44 bits per heavy atom. The lowest BCUT2D eigenvalue weighted by Crippen LogP contribution is -2.29. The molecule has 6 nitrogen and oxygen atoms in total. The summed E-state index contributed by atoms with van der Waals surface area (Å²) in [4.78, 5) is 20.2. The number of carbonyl (C=O) groups is 2. The molecule has 0 N–H and O–H groups in total. The molecule has 0 radical (unpaired) electrons. The molecule has 0 saturated heterocycles. The molecule has 0 aliphatic carbocycles. The molecule has 0 heterocycles. The first kappa shape index (κ1) is 11.8. The third kappa shape index (κ3) is 4.32. The van der Waals surface area contributed by atoms with Gasteiger partial charge in [0.15, 0.2) is 0 Å². The average Bonchev–Trinajstić information content (AvgIpc) is 2.24. The highest BCUT2D eigenvalue weighted by molar-refractivity contribution is 5.66. The number of ether oxygens (including phenoxy) is 2. The molecule has 0 aromatic heterocycles. The molecule has 1 rings (SSSR count). The highest BCUT2D eigenvalue weighted by Gasteiger charge is 1.98. The molecule has 6 heteroatoms. The lowest BCUT2D eigenvalue weighted by molar-refractivity contribution is -0.308. The van der Waals surface area contributed by atoms with Gasteiger partial charge in [0.25, 0.3) is 0 Å². The zero-order valence-corrected chi connectivity index (χ0v) is 8.17. The van der Waals surface area contributed by atoms with E-state index in [9.17, 15) is 19.8 Å². The molecule has 0 fully saturated rings. The van der Waals surface area contributed by atoms with Gasteiger partial charge < -0.3 is 29.3 Å². The third-order valence-corrected chi connectivity index (χ3v) is 1.52. The average molecular weight is 224 g/mol. The van der Waals surface area contributed by atoms with Crippen LogP contribution in [0.2, 0.25) is 0 Å². The van der Waals surface area contributed by atoms with Gasteiger partial charge in [0.1, 0.15) is 24.7 Å². The summed E-state index contributed by atoms with van der Waals surface area (Å²) in [6.45, 7) is -1.16. The van der Waals surface area contributed by atoms with Gasteiger partial charge in [-0.3, -0.25) is 0 Å². The molecule has 0 aliphatic heterocycles. The second-order valence-electron chi connectivity index (χ2n) is 2.80. The molecule has 0 unspecified atom stereocenters. The molecule has 0 bridgehead atoms. The van der Waals surface area contributed by atoms with Crippen molar-refractivity contribution in [1.29, 1.82) is 0 Å². The molecule has 0 spiro atoms. The van der Waals surface area contributed by atoms with Crippen LogP contribution in [0.15, 0.2) is 24.3 Å². The molecular weight excluding hydrogens is 216 g/mol. The van der Waals surface area contributed by atoms with Gasteiger partial charge in [-0.25, -0.2) is 0 Å². The Bertz CT molecular complexity index is 353. The Morgan fingerprint density at radius 1 is 1.00 bits per heavy atom. The highest BCUT2D eigenvalue weighted by atomic mass is 16.5. The summed E-state index contributed by atoms with van der Waals surface area (Å²) in [5.74, 6) is -2.19. The topological polar surface area (TPSA) is 98.7 Å². The van der Waals surface area contributed by atoms with Crippen LogP contribution >= 0.6 is 0 Å². The van der Waals surface area contributed by atoms with Crippen LogP contribution in [0, 0.1) is 0 Å². The Morgan fingerprint density at radius 3 is 1.81 bits per heavy atom. The van der Waals surface area contributed by atoms with Gasteiger partial charge in [-0.2, -0.15) is 0 Å². The Hall–Kier alpha value is -2.24. The van der Waals surface area contributed by atoms with Gasteiger partial charge in [0.2, 0.25) is 0 Å². The monoisotopic (exact) mass is 224 g/mol. The lowest BCUT2D eigenvalue weighted by Gasteiger charge is -2.09. The van der Waals surface area contributed by atoms with E-state index in [0.29, 0.717) is 0 Å². The maximum Gasteiger partial charge on any atom is 0.128 e. The summed E-state index contributed by atoms with van der Waals surface area (Å²) >= 11 is 0. The van der Waals surface area contributed by atoms with E-state index in [4.69, 9.17) is 9.47 Å². The largest absolute Gasteiger partial charge is 0.546 e. The highest BCUT2D eigenvalue weighted by Crippen LogP contribution is 2.18. The van der Waals surface area contributed by atoms with Crippen molar-refractivity contribution in [2.75, 3.05) is 13.2 Å². The van der Waals surface area contributed by atoms with E-state index < -0.39 is 25.2 Å². The molecule has 0 amide bonds.